The van der Waals surface area contributed by atoms with Crippen LogP contribution in [-0.4, -0.2) is 59.5 Å². The molecule has 1 unspecified atom stereocenters. The van der Waals surface area contributed by atoms with Gasteiger partial charge in [-0.1, -0.05) is 13.0 Å². The van der Waals surface area contributed by atoms with Crippen LogP contribution in [0.15, 0.2) is 36.4 Å². The second-order valence-electron chi connectivity index (χ2n) is 13.2. The molecule has 2 heterocycles. The third-order valence-corrected chi connectivity index (χ3v) is 10.3. The zero-order valence-corrected chi connectivity index (χ0v) is 26.1. The summed E-state index contributed by atoms with van der Waals surface area (Å²) in [5.41, 5.74) is 2.02. The van der Waals surface area contributed by atoms with Gasteiger partial charge in [0.15, 0.2) is 0 Å². The minimum Gasteiger partial charge on any atom is -0.466 e. The molecule has 0 bridgehead atoms. The zero-order valence-electron chi connectivity index (χ0n) is 26.1. The highest BCUT2D eigenvalue weighted by molar-refractivity contribution is 5.87. The highest BCUT2D eigenvalue weighted by Crippen LogP contribution is 2.59. The number of alkyl halides is 6. The van der Waals surface area contributed by atoms with E-state index >= 15 is 0 Å². The van der Waals surface area contributed by atoms with Crippen LogP contribution in [-0.2, 0) is 26.7 Å². The van der Waals surface area contributed by atoms with Crippen molar-refractivity contribution in [2.75, 3.05) is 26.2 Å². The van der Waals surface area contributed by atoms with Crippen molar-refractivity contribution >= 4 is 11.9 Å². The highest BCUT2D eigenvalue weighted by atomic mass is 19.4. The highest BCUT2D eigenvalue weighted by Gasteiger charge is 2.66. The number of nitrogens with zero attached hydrogens (tertiary/aromatic N) is 2. The average Bonchev–Trinajstić information content (AvgIpc) is 3.55. The van der Waals surface area contributed by atoms with Gasteiger partial charge >= 0.3 is 18.3 Å². The number of aryl methyl sites for hydroxylation is 1. The van der Waals surface area contributed by atoms with E-state index in [1.54, 1.807) is 19.9 Å². The third-order valence-electron chi connectivity index (χ3n) is 10.3. The molecule has 2 aliphatic heterocycles. The lowest BCUT2D eigenvalue weighted by atomic mass is 9.79. The minimum atomic E-state index is -5.06. The standard InChI is InChI=1S/C33H38F7N3O3/c1-5-46-29(45)31-15-23(31)16-42(17-31)25-8-9-43(27(14-25)26-7-6-24(34)10-18(26)2)28(44)30(4,41)19(3)20-11-21(32(35,36)37)13-22(12-20)33(38,39)40/h6-7,10-13,19,23,25,27H,5,8-9,14-17,41H2,1-4H3/t19-,23-,25+,27+,30?,31-/m0/s1. The molecule has 2 aromatic rings. The molecule has 0 radical (unpaired) electrons. The fourth-order valence-electron chi connectivity index (χ4n) is 7.29. The van der Waals surface area contributed by atoms with Crippen molar-refractivity contribution in [1.82, 2.24) is 9.80 Å². The lowest BCUT2D eigenvalue weighted by Gasteiger charge is -2.47. The van der Waals surface area contributed by atoms with Gasteiger partial charge in [-0.3, -0.25) is 14.5 Å². The van der Waals surface area contributed by atoms with Gasteiger partial charge < -0.3 is 15.4 Å². The molecule has 2 saturated heterocycles. The molecule has 1 amide bonds. The number of benzene rings is 2. The summed E-state index contributed by atoms with van der Waals surface area (Å²) in [5.74, 6) is -2.39. The zero-order chi connectivity index (χ0) is 34.0. The van der Waals surface area contributed by atoms with E-state index in [1.165, 1.54) is 30.9 Å². The van der Waals surface area contributed by atoms with Gasteiger partial charge in [-0.05, 0) is 93.0 Å². The van der Waals surface area contributed by atoms with E-state index < -0.39 is 58.1 Å². The second-order valence-corrected chi connectivity index (χ2v) is 13.2. The van der Waals surface area contributed by atoms with Crippen LogP contribution in [0.1, 0.15) is 79.8 Å². The number of amides is 1. The molecule has 6 atom stereocenters. The molecule has 1 saturated carbocycles. The molecule has 2 aromatic carbocycles. The lowest BCUT2D eigenvalue weighted by Crippen LogP contribution is -2.59. The maximum atomic E-state index is 14.3. The SMILES string of the molecule is CCOC(=O)[C@]12C[C@H]1CN([C@@H]1CCN(C(=O)C(C)(N)[C@@H](C)c3cc(C(F)(F)F)cc(C(F)(F)F)c3)[C@@H](c3ccc(F)cc3C)C1)C2. The molecule has 6 nitrogen and oxygen atoms in total. The van der Waals surface area contributed by atoms with Crippen LogP contribution in [0.2, 0.25) is 0 Å². The Bertz CT molecular complexity index is 1480. The molecule has 2 N–H and O–H groups in total. The largest absolute Gasteiger partial charge is 0.466 e. The van der Waals surface area contributed by atoms with Crippen LogP contribution in [0.25, 0.3) is 0 Å². The van der Waals surface area contributed by atoms with Crippen LogP contribution in [0.3, 0.4) is 0 Å². The normalized spacial score (nSPS) is 27.1. The summed E-state index contributed by atoms with van der Waals surface area (Å²) in [6, 6.07) is 4.79. The van der Waals surface area contributed by atoms with Gasteiger partial charge in [-0.15, -0.1) is 0 Å². The topological polar surface area (TPSA) is 75.9 Å². The Morgan fingerprint density at radius 2 is 1.70 bits per heavy atom. The van der Waals surface area contributed by atoms with Crippen molar-refractivity contribution < 1.29 is 45.1 Å². The number of likely N-dealkylation sites (tertiary alicyclic amines) is 2. The minimum absolute atomic E-state index is 0.0401. The lowest BCUT2D eigenvalue weighted by molar-refractivity contribution is -0.150. The number of esters is 1. The molecule has 3 aliphatic rings. The number of nitrogens with two attached hydrogens (primary N) is 1. The Labute approximate surface area is 263 Å². The molecular formula is C33H38F7N3O3. The van der Waals surface area contributed by atoms with Crippen LogP contribution < -0.4 is 5.73 Å². The molecule has 1 aliphatic carbocycles. The molecule has 13 heteroatoms. The van der Waals surface area contributed by atoms with E-state index in [2.05, 4.69) is 4.90 Å². The quantitative estimate of drug-likeness (QED) is 0.268. The summed E-state index contributed by atoms with van der Waals surface area (Å²) in [5, 5.41) is 0. The van der Waals surface area contributed by atoms with Gasteiger partial charge in [0.1, 0.15) is 5.82 Å². The van der Waals surface area contributed by atoms with Crippen molar-refractivity contribution in [3.05, 3.63) is 70.0 Å². The fraction of sp³-hybridized carbons (Fsp3) is 0.576. The summed E-state index contributed by atoms with van der Waals surface area (Å²) >= 11 is 0. The average molecular weight is 658 g/mol. The van der Waals surface area contributed by atoms with Crippen molar-refractivity contribution in [3.8, 4) is 0 Å². The Morgan fingerprint density at radius 1 is 1.07 bits per heavy atom. The number of piperidine rings is 2. The molecule has 0 aromatic heterocycles. The van der Waals surface area contributed by atoms with Crippen LogP contribution in [0, 0.1) is 24.1 Å². The number of carbonyl (C=O) groups excluding carboxylic acids is 2. The van der Waals surface area contributed by atoms with Crippen molar-refractivity contribution in [3.63, 3.8) is 0 Å². The van der Waals surface area contributed by atoms with Gasteiger partial charge in [0.2, 0.25) is 5.91 Å². The number of rotatable bonds is 7. The van der Waals surface area contributed by atoms with Gasteiger partial charge in [0, 0.05) is 31.6 Å². The van der Waals surface area contributed by atoms with E-state index in [0.717, 1.165) is 6.42 Å². The van der Waals surface area contributed by atoms with E-state index in [9.17, 15) is 40.3 Å². The third kappa shape index (κ3) is 6.24. The predicted octanol–water partition coefficient (Wildman–Crippen LogP) is 6.61. The molecule has 5 rings (SSSR count). The van der Waals surface area contributed by atoms with Gasteiger partial charge in [-0.25, -0.2) is 4.39 Å². The van der Waals surface area contributed by atoms with Crippen LogP contribution >= 0.6 is 0 Å². The maximum absolute atomic E-state index is 14.3. The van der Waals surface area contributed by atoms with E-state index in [1.807, 2.05) is 0 Å². The maximum Gasteiger partial charge on any atom is 0.416 e. The number of halogens is 7. The number of fused-ring (bicyclic) bond motifs is 1. The van der Waals surface area contributed by atoms with Crippen molar-refractivity contribution in [2.45, 2.75) is 82.9 Å². The number of hydrogen-bond acceptors (Lipinski definition) is 5. The first-order chi connectivity index (χ1) is 21.3. The summed E-state index contributed by atoms with van der Waals surface area (Å²) in [6.45, 7) is 7.80. The van der Waals surface area contributed by atoms with Crippen LogP contribution in [0.5, 0.6) is 0 Å². The number of carbonyl (C=O) groups is 2. The van der Waals surface area contributed by atoms with E-state index in [-0.39, 0.29) is 42.7 Å². The first-order valence-electron chi connectivity index (χ1n) is 15.4. The molecule has 252 valence electrons. The van der Waals surface area contributed by atoms with Gasteiger partial charge in [0.05, 0.1) is 34.7 Å². The Balaban J connectivity index is 1.45. The Morgan fingerprint density at radius 3 is 2.26 bits per heavy atom. The molecular weight excluding hydrogens is 619 g/mol. The van der Waals surface area contributed by atoms with Crippen molar-refractivity contribution in [1.29, 1.82) is 0 Å². The Kier molecular flexibility index (Phi) is 8.76. The van der Waals surface area contributed by atoms with E-state index in [0.29, 0.717) is 49.2 Å². The molecule has 46 heavy (non-hydrogen) atoms. The Hall–Kier alpha value is -3.19. The summed E-state index contributed by atoms with van der Waals surface area (Å²) in [7, 11) is 0. The summed E-state index contributed by atoms with van der Waals surface area (Å²) in [6.07, 6.45) is -8.44. The van der Waals surface area contributed by atoms with Gasteiger partial charge in [0.25, 0.3) is 0 Å². The first kappa shape index (κ1) is 34.2. The number of ether oxygens (including phenoxy) is 1. The predicted molar refractivity (Wildman–Crippen MR) is 155 cm³/mol. The number of hydrogen-bond donors (Lipinski definition) is 1. The first-order valence-corrected chi connectivity index (χ1v) is 15.4. The fourth-order valence-corrected chi connectivity index (χ4v) is 7.29. The summed E-state index contributed by atoms with van der Waals surface area (Å²) in [4.78, 5) is 30.7. The van der Waals surface area contributed by atoms with Gasteiger partial charge in [-0.2, -0.15) is 26.3 Å². The molecule has 3 fully saturated rings. The van der Waals surface area contributed by atoms with Crippen molar-refractivity contribution in [2.24, 2.45) is 17.1 Å². The van der Waals surface area contributed by atoms with Crippen LogP contribution in [0.4, 0.5) is 30.7 Å². The smallest absolute Gasteiger partial charge is 0.416 e. The van der Waals surface area contributed by atoms with E-state index in [4.69, 9.17) is 10.5 Å². The monoisotopic (exact) mass is 657 g/mol. The molecule has 0 spiro atoms. The summed E-state index contributed by atoms with van der Waals surface area (Å²) < 4.78 is 101. The second kappa shape index (κ2) is 11.8.